The summed E-state index contributed by atoms with van der Waals surface area (Å²) in [5.74, 6) is -0.511. The molecule has 0 bridgehead atoms. The number of rotatable bonds is 3. The molecule has 1 aromatic carbocycles. The van der Waals surface area contributed by atoms with Crippen LogP contribution in [0.15, 0.2) is 35.2 Å². The summed E-state index contributed by atoms with van der Waals surface area (Å²) in [6.07, 6.45) is 0.697. The van der Waals surface area contributed by atoms with Crippen molar-refractivity contribution in [2.75, 3.05) is 13.7 Å². The molecule has 0 atom stereocenters. The highest BCUT2D eigenvalue weighted by Crippen LogP contribution is 2.31. The number of aryl methyl sites for hydroxylation is 1. The topological polar surface area (TPSA) is 63.7 Å². The maximum Gasteiger partial charge on any atom is 0.348 e. The molecular weight excluding hydrogens is 334 g/mol. The summed E-state index contributed by atoms with van der Waals surface area (Å²) >= 11 is 1.14. The van der Waals surface area contributed by atoms with Crippen LogP contribution in [0.4, 0.5) is 0 Å². The zero-order valence-corrected chi connectivity index (χ0v) is 14.5. The predicted molar refractivity (Wildman–Crippen MR) is 88.1 cm³/mol. The lowest BCUT2D eigenvalue weighted by molar-refractivity contribution is 0.0606. The second-order valence-corrected chi connectivity index (χ2v) is 8.54. The van der Waals surface area contributed by atoms with Crippen LogP contribution in [0, 0.1) is 6.92 Å². The molecule has 5 nitrogen and oxygen atoms in total. The van der Waals surface area contributed by atoms with Crippen molar-refractivity contribution in [2.24, 2.45) is 0 Å². The maximum atomic E-state index is 12.9. The fraction of sp³-hybridized carbons (Fsp3) is 0.312. The number of hydrogen-bond donors (Lipinski definition) is 0. The summed E-state index contributed by atoms with van der Waals surface area (Å²) < 4.78 is 32.0. The number of sulfonamides is 1. The first-order chi connectivity index (χ1) is 10.9. The van der Waals surface area contributed by atoms with Crippen molar-refractivity contribution in [1.82, 2.24) is 4.31 Å². The second kappa shape index (κ2) is 6.07. The molecule has 0 aliphatic carbocycles. The smallest absolute Gasteiger partial charge is 0.348 e. The van der Waals surface area contributed by atoms with Gasteiger partial charge in [0.15, 0.2) is 0 Å². The normalized spacial score (nSPS) is 15.2. The van der Waals surface area contributed by atoms with Gasteiger partial charge < -0.3 is 4.74 Å². The summed E-state index contributed by atoms with van der Waals surface area (Å²) in [6, 6.07) is 9.29. The number of carbonyl (C=O) groups excluding carboxylic acids is 1. The average Bonchev–Trinajstić information content (AvgIpc) is 2.96. The van der Waals surface area contributed by atoms with Gasteiger partial charge in [0, 0.05) is 18.0 Å². The van der Waals surface area contributed by atoms with Crippen LogP contribution >= 0.6 is 11.3 Å². The van der Waals surface area contributed by atoms with Gasteiger partial charge in [0.1, 0.15) is 4.88 Å². The van der Waals surface area contributed by atoms with Crippen molar-refractivity contribution in [1.29, 1.82) is 0 Å². The standard InChI is InChI=1S/C16H17NO4S2/c1-11-15(9-14(22-11)16(18)21-2)23(19,20)17-8-7-12-5-3-4-6-13(12)10-17/h3-6,9H,7-8,10H2,1-2H3. The lowest BCUT2D eigenvalue weighted by atomic mass is 10.0. The van der Waals surface area contributed by atoms with Gasteiger partial charge in [-0.3, -0.25) is 0 Å². The highest BCUT2D eigenvalue weighted by molar-refractivity contribution is 7.89. The summed E-state index contributed by atoms with van der Waals surface area (Å²) in [4.78, 5) is 12.7. The minimum absolute atomic E-state index is 0.197. The van der Waals surface area contributed by atoms with E-state index in [1.54, 1.807) is 6.92 Å². The average molecular weight is 351 g/mol. The molecule has 2 aromatic rings. The van der Waals surface area contributed by atoms with Gasteiger partial charge in [-0.2, -0.15) is 4.31 Å². The second-order valence-electron chi connectivity index (χ2n) is 5.38. The molecule has 1 aliphatic rings. The molecule has 23 heavy (non-hydrogen) atoms. The molecule has 3 rings (SSSR count). The van der Waals surface area contributed by atoms with Crippen molar-refractivity contribution in [2.45, 2.75) is 24.8 Å². The van der Waals surface area contributed by atoms with Gasteiger partial charge in [0.25, 0.3) is 0 Å². The van der Waals surface area contributed by atoms with E-state index in [0.717, 1.165) is 16.9 Å². The van der Waals surface area contributed by atoms with Crippen molar-refractivity contribution < 1.29 is 17.9 Å². The van der Waals surface area contributed by atoms with E-state index in [-0.39, 0.29) is 4.90 Å². The molecule has 7 heteroatoms. The fourth-order valence-corrected chi connectivity index (χ4v) is 5.63. The van der Waals surface area contributed by atoms with Crippen LogP contribution in [0.1, 0.15) is 25.7 Å². The van der Waals surface area contributed by atoms with Crippen LogP contribution in [-0.4, -0.2) is 32.3 Å². The number of hydrogen-bond acceptors (Lipinski definition) is 5. The minimum atomic E-state index is -3.62. The third-order valence-electron chi connectivity index (χ3n) is 3.97. The molecule has 0 fully saturated rings. The van der Waals surface area contributed by atoms with E-state index >= 15 is 0 Å². The Labute approximate surface area is 139 Å². The number of benzene rings is 1. The number of ether oxygens (including phenoxy) is 1. The molecule has 2 heterocycles. The van der Waals surface area contributed by atoms with E-state index in [4.69, 9.17) is 0 Å². The van der Waals surface area contributed by atoms with Crippen LogP contribution < -0.4 is 0 Å². The zero-order chi connectivity index (χ0) is 16.6. The zero-order valence-electron chi connectivity index (χ0n) is 12.9. The summed E-state index contributed by atoms with van der Waals surface area (Å²) in [5, 5.41) is 0. The summed E-state index contributed by atoms with van der Waals surface area (Å²) in [6.45, 7) is 2.52. The SMILES string of the molecule is COC(=O)c1cc(S(=O)(=O)N2CCc3ccccc3C2)c(C)s1. The number of methoxy groups -OCH3 is 1. The number of thiophene rings is 1. The van der Waals surface area contributed by atoms with E-state index in [2.05, 4.69) is 4.74 Å². The Morgan fingerprint density at radius 1 is 1.26 bits per heavy atom. The molecule has 0 saturated carbocycles. The molecule has 0 saturated heterocycles. The van der Waals surface area contributed by atoms with E-state index < -0.39 is 16.0 Å². The molecule has 0 unspecified atom stereocenters. The van der Waals surface area contributed by atoms with Gasteiger partial charge in [-0.05, 0) is 30.5 Å². The lowest BCUT2D eigenvalue weighted by Gasteiger charge is -2.28. The monoisotopic (exact) mass is 351 g/mol. The quantitative estimate of drug-likeness (QED) is 0.798. The first kappa shape index (κ1) is 16.2. The maximum absolute atomic E-state index is 12.9. The Hall–Kier alpha value is -1.70. The number of fused-ring (bicyclic) bond motifs is 1. The van der Waals surface area contributed by atoms with Crippen molar-refractivity contribution in [3.05, 3.63) is 51.2 Å². The van der Waals surface area contributed by atoms with Crippen LogP contribution in [0.2, 0.25) is 0 Å². The Morgan fingerprint density at radius 3 is 2.65 bits per heavy atom. The third-order valence-corrected chi connectivity index (χ3v) is 7.10. The number of esters is 1. The van der Waals surface area contributed by atoms with Gasteiger partial charge in [0.05, 0.1) is 12.0 Å². The van der Waals surface area contributed by atoms with E-state index in [1.165, 1.54) is 23.0 Å². The molecule has 1 aliphatic heterocycles. The van der Waals surface area contributed by atoms with Crippen LogP contribution in [-0.2, 0) is 27.7 Å². The Morgan fingerprint density at radius 2 is 1.96 bits per heavy atom. The molecule has 0 radical (unpaired) electrons. The molecule has 0 N–H and O–H groups in total. The van der Waals surface area contributed by atoms with Gasteiger partial charge in [-0.15, -0.1) is 11.3 Å². The van der Waals surface area contributed by atoms with Crippen molar-refractivity contribution in [3.8, 4) is 0 Å². The molecule has 122 valence electrons. The summed E-state index contributed by atoms with van der Waals surface area (Å²) in [7, 11) is -2.34. The van der Waals surface area contributed by atoms with Gasteiger partial charge in [-0.25, -0.2) is 13.2 Å². The molecule has 0 spiro atoms. The molecule has 0 amide bonds. The highest BCUT2D eigenvalue weighted by atomic mass is 32.2. The van der Waals surface area contributed by atoms with Gasteiger partial charge in [0.2, 0.25) is 10.0 Å². The van der Waals surface area contributed by atoms with E-state index in [1.807, 2.05) is 24.3 Å². The Kier molecular flexibility index (Phi) is 4.27. The first-order valence-electron chi connectivity index (χ1n) is 7.19. The van der Waals surface area contributed by atoms with Gasteiger partial charge >= 0.3 is 5.97 Å². The Bertz CT molecular complexity index is 855. The first-order valence-corrected chi connectivity index (χ1v) is 9.45. The van der Waals surface area contributed by atoms with Crippen LogP contribution in [0.25, 0.3) is 0 Å². The lowest BCUT2D eigenvalue weighted by Crippen LogP contribution is -2.36. The number of nitrogens with zero attached hydrogens (tertiary/aromatic N) is 1. The Balaban J connectivity index is 1.94. The third kappa shape index (κ3) is 2.91. The van der Waals surface area contributed by atoms with Crippen LogP contribution in [0.5, 0.6) is 0 Å². The highest BCUT2D eigenvalue weighted by Gasteiger charge is 2.31. The van der Waals surface area contributed by atoms with E-state index in [9.17, 15) is 13.2 Å². The van der Waals surface area contributed by atoms with Crippen molar-refractivity contribution >= 4 is 27.3 Å². The van der Waals surface area contributed by atoms with Crippen molar-refractivity contribution in [3.63, 3.8) is 0 Å². The van der Waals surface area contributed by atoms with E-state index in [0.29, 0.717) is 29.3 Å². The minimum Gasteiger partial charge on any atom is -0.465 e. The fourth-order valence-electron chi connectivity index (χ4n) is 2.74. The van der Waals surface area contributed by atoms with Crippen LogP contribution in [0.3, 0.4) is 0 Å². The van der Waals surface area contributed by atoms with Gasteiger partial charge in [-0.1, -0.05) is 24.3 Å². The molecule has 1 aromatic heterocycles. The number of carbonyl (C=O) groups is 1. The largest absolute Gasteiger partial charge is 0.465 e. The summed E-state index contributed by atoms with van der Waals surface area (Å²) in [5.41, 5.74) is 2.22. The predicted octanol–water partition coefficient (Wildman–Crippen LogP) is 2.59. The molecular formula is C16H17NO4S2.